The minimum Gasteiger partial charge on any atom is -0.462 e. The fourth-order valence-electron chi connectivity index (χ4n) is 1.53. The summed E-state index contributed by atoms with van der Waals surface area (Å²) in [5.74, 6) is -0.833. The molecule has 1 aromatic carbocycles. The average molecular weight is 294 g/mol. The standard InChI is InChI=1S/C13H12ClN3O3/c1-2-20-13(19)8-3-5-9(6-4-8)17-12(18)10-11(14)16-7-15-10/h3-7H,2H2,1H3,(H,15,16)(H,17,18). The maximum absolute atomic E-state index is 11.8. The van der Waals surface area contributed by atoms with Crippen LogP contribution in [0.1, 0.15) is 27.8 Å². The average Bonchev–Trinajstić information content (AvgIpc) is 2.86. The summed E-state index contributed by atoms with van der Waals surface area (Å²) in [7, 11) is 0. The molecule has 20 heavy (non-hydrogen) atoms. The lowest BCUT2D eigenvalue weighted by Gasteiger charge is -2.05. The lowest BCUT2D eigenvalue weighted by atomic mass is 10.2. The molecule has 0 aliphatic carbocycles. The third-order valence-corrected chi connectivity index (χ3v) is 2.75. The van der Waals surface area contributed by atoms with E-state index in [0.717, 1.165) is 0 Å². The largest absolute Gasteiger partial charge is 0.462 e. The quantitative estimate of drug-likeness (QED) is 0.848. The van der Waals surface area contributed by atoms with Crippen LogP contribution >= 0.6 is 11.6 Å². The summed E-state index contributed by atoms with van der Waals surface area (Å²) >= 11 is 5.76. The van der Waals surface area contributed by atoms with Gasteiger partial charge >= 0.3 is 5.97 Å². The van der Waals surface area contributed by atoms with Gasteiger partial charge in [0.05, 0.1) is 18.5 Å². The Morgan fingerprint density at radius 1 is 1.35 bits per heavy atom. The summed E-state index contributed by atoms with van der Waals surface area (Å²) in [6.45, 7) is 2.05. The van der Waals surface area contributed by atoms with Crippen molar-refractivity contribution < 1.29 is 14.3 Å². The summed E-state index contributed by atoms with van der Waals surface area (Å²) in [6.07, 6.45) is 1.33. The van der Waals surface area contributed by atoms with E-state index >= 15 is 0 Å². The van der Waals surface area contributed by atoms with Gasteiger partial charge in [-0.15, -0.1) is 0 Å². The number of ether oxygens (including phenoxy) is 1. The van der Waals surface area contributed by atoms with Crippen LogP contribution in [0.4, 0.5) is 5.69 Å². The van der Waals surface area contributed by atoms with E-state index in [9.17, 15) is 9.59 Å². The zero-order valence-corrected chi connectivity index (χ0v) is 11.4. The predicted octanol–water partition coefficient (Wildman–Crippen LogP) is 2.49. The number of rotatable bonds is 4. The van der Waals surface area contributed by atoms with Crippen LogP contribution in [0.5, 0.6) is 0 Å². The van der Waals surface area contributed by atoms with Gasteiger partial charge in [0.1, 0.15) is 5.15 Å². The molecule has 0 spiro atoms. The van der Waals surface area contributed by atoms with Crippen molar-refractivity contribution >= 4 is 29.2 Å². The van der Waals surface area contributed by atoms with Gasteiger partial charge in [-0.3, -0.25) is 4.79 Å². The zero-order chi connectivity index (χ0) is 14.5. The molecule has 104 valence electrons. The molecule has 0 aliphatic heterocycles. The zero-order valence-electron chi connectivity index (χ0n) is 10.6. The lowest BCUT2D eigenvalue weighted by molar-refractivity contribution is 0.0526. The molecule has 0 unspecified atom stereocenters. The van der Waals surface area contributed by atoms with Crippen LogP contribution in [-0.2, 0) is 4.74 Å². The molecule has 7 heteroatoms. The highest BCUT2D eigenvalue weighted by Gasteiger charge is 2.13. The summed E-state index contributed by atoms with van der Waals surface area (Å²) in [4.78, 5) is 29.7. The lowest BCUT2D eigenvalue weighted by Crippen LogP contribution is -2.13. The van der Waals surface area contributed by atoms with E-state index in [1.807, 2.05) is 0 Å². The second-order valence-corrected chi connectivity index (χ2v) is 4.20. The van der Waals surface area contributed by atoms with Crippen LogP contribution in [0.3, 0.4) is 0 Å². The third-order valence-electron chi connectivity index (χ3n) is 2.46. The number of aromatic nitrogens is 2. The molecule has 0 fully saturated rings. The van der Waals surface area contributed by atoms with Gasteiger partial charge in [0.15, 0.2) is 5.69 Å². The first-order valence-corrected chi connectivity index (χ1v) is 6.27. The molecular weight excluding hydrogens is 282 g/mol. The number of amides is 1. The van der Waals surface area contributed by atoms with Crippen molar-refractivity contribution in [3.8, 4) is 0 Å². The van der Waals surface area contributed by atoms with E-state index in [1.165, 1.54) is 6.33 Å². The molecule has 0 aliphatic rings. The maximum Gasteiger partial charge on any atom is 0.338 e. The highest BCUT2D eigenvalue weighted by atomic mass is 35.5. The van der Waals surface area contributed by atoms with E-state index in [0.29, 0.717) is 17.9 Å². The summed E-state index contributed by atoms with van der Waals surface area (Å²) in [5, 5.41) is 2.80. The molecule has 0 bridgehead atoms. The van der Waals surface area contributed by atoms with Crippen LogP contribution in [0.2, 0.25) is 5.15 Å². The molecule has 0 atom stereocenters. The Morgan fingerprint density at radius 2 is 2.05 bits per heavy atom. The first-order chi connectivity index (χ1) is 9.61. The number of esters is 1. The first kappa shape index (κ1) is 14.1. The van der Waals surface area contributed by atoms with E-state index in [4.69, 9.17) is 16.3 Å². The Balaban J connectivity index is 2.06. The van der Waals surface area contributed by atoms with Crippen LogP contribution in [-0.4, -0.2) is 28.5 Å². The highest BCUT2D eigenvalue weighted by molar-refractivity contribution is 6.33. The number of anilines is 1. The minimum absolute atomic E-state index is 0.112. The van der Waals surface area contributed by atoms with E-state index < -0.39 is 11.9 Å². The smallest absolute Gasteiger partial charge is 0.338 e. The maximum atomic E-state index is 11.8. The topological polar surface area (TPSA) is 84.1 Å². The molecule has 1 aromatic heterocycles. The number of nitrogens with one attached hydrogen (secondary N) is 2. The van der Waals surface area contributed by atoms with Gasteiger partial charge in [-0.05, 0) is 31.2 Å². The molecule has 0 saturated carbocycles. The van der Waals surface area contributed by atoms with Crippen molar-refractivity contribution in [1.82, 2.24) is 9.97 Å². The Hall–Kier alpha value is -2.34. The van der Waals surface area contributed by atoms with Crippen molar-refractivity contribution in [2.45, 2.75) is 6.92 Å². The molecule has 2 N–H and O–H groups in total. The SMILES string of the molecule is CCOC(=O)c1ccc(NC(=O)c2nc[nH]c2Cl)cc1. The molecule has 0 saturated heterocycles. The number of carbonyl (C=O) groups is 2. The Kier molecular flexibility index (Phi) is 4.37. The highest BCUT2D eigenvalue weighted by Crippen LogP contribution is 2.14. The number of imidazole rings is 1. The fourth-order valence-corrected chi connectivity index (χ4v) is 1.71. The van der Waals surface area contributed by atoms with Crippen molar-refractivity contribution in [3.63, 3.8) is 0 Å². The molecule has 6 nitrogen and oxygen atoms in total. The summed E-state index contributed by atoms with van der Waals surface area (Å²) in [5.41, 5.74) is 1.06. The van der Waals surface area contributed by atoms with Crippen molar-refractivity contribution in [2.75, 3.05) is 11.9 Å². The number of nitrogens with zero attached hydrogens (tertiary/aromatic N) is 1. The first-order valence-electron chi connectivity index (χ1n) is 5.89. The fraction of sp³-hybridized carbons (Fsp3) is 0.154. The van der Waals surface area contributed by atoms with Crippen LogP contribution in [0.15, 0.2) is 30.6 Å². The minimum atomic E-state index is -0.430. The third kappa shape index (κ3) is 3.16. The van der Waals surface area contributed by atoms with Gasteiger partial charge in [0, 0.05) is 5.69 Å². The number of benzene rings is 1. The van der Waals surface area contributed by atoms with Crippen molar-refractivity contribution in [2.24, 2.45) is 0 Å². The molecule has 1 heterocycles. The van der Waals surface area contributed by atoms with Gasteiger partial charge in [-0.1, -0.05) is 11.6 Å². The number of hydrogen-bond acceptors (Lipinski definition) is 4. The molecule has 2 aromatic rings. The molecular formula is C13H12ClN3O3. The number of carbonyl (C=O) groups excluding carboxylic acids is 2. The van der Waals surface area contributed by atoms with Gasteiger partial charge in [0.2, 0.25) is 0 Å². The van der Waals surface area contributed by atoms with E-state index in [2.05, 4.69) is 15.3 Å². The van der Waals surface area contributed by atoms with E-state index in [-0.39, 0.29) is 10.8 Å². The summed E-state index contributed by atoms with van der Waals surface area (Å²) in [6, 6.07) is 6.34. The second-order valence-electron chi connectivity index (χ2n) is 3.82. The second kappa shape index (κ2) is 6.21. The normalized spacial score (nSPS) is 10.1. The Labute approximate surface area is 120 Å². The Morgan fingerprint density at radius 3 is 2.60 bits per heavy atom. The van der Waals surface area contributed by atoms with Gasteiger partial charge in [0.25, 0.3) is 5.91 Å². The van der Waals surface area contributed by atoms with Crippen LogP contribution in [0.25, 0.3) is 0 Å². The van der Waals surface area contributed by atoms with Crippen LogP contribution < -0.4 is 5.32 Å². The van der Waals surface area contributed by atoms with Gasteiger partial charge in [-0.25, -0.2) is 9.78 Å². The number of hydrogen-bond donors (Lipinski definition) is 2. The van der Waals surface area contributed by atoms with E-state index in [1.54, 1.807) is 31.2 Å². The molecule has 0 radical (unpaired) electrons. The predicted molar refractivity (Wildman–Crippen MR) is 73.9 cm³/mol. The molecule has 1 amide bonds. The number of H-pyrrole nitrogens is 1. The summed E-state index contributed by atoms with van der Waals surface area (Å²) < 4.78 is 4.87. The Bertz CT molecular complexity index is 622. The van der Waals surface area contributed by atoms with Gasteiger partial charge in [-0.2, -0.15) is 0 Å². The monoisotopic (exact) mass is 293 g/mol. The van der Waals surface area contributed by atoms with Crippen molar-refractivity contribution in [1.29, 1.82) is 0 Å². The molecule has 2 rings (SSSR count). The van der Waals surface area contributed by atoms with Crippen LogP contribution in [0, 0.1) is 0 Å². The number of aromatic amines is 1. The van der Waals surface area contributed by atoms with Gasteiger partial charge < -0.3 is 15.0 Å². The number of halogens is 1. The van der Waals surface area contributed by atoms with Crippen molar-refractivity contribution in [3.05, 3.63) is 47.0 Å².